The molecule has 0 N–H and O–H groups in total. The standard InChI is InChI=1S/4C30H18N2O/c33-30-25-18-21(19-9-3-1-4-10-19)17-24-22(20-11-5-2-6-12-20)15-16-23(28(24)25)29-31-26-13-7-8-14-27(26)32(29)30;33-30-25-13-7-12-23-22(20-10-5-2-6-11-20)15-16-24(28(23)25)29-31-26-17-14-21(18-27(26)32(29)30)19-8-3-1-4-9-19;33-30-25-17-23(20-10-5-2-6-11-20)16-22-12-7-13-24(28(22)25)29-31-26-18-21(14-15-27(26)32(29)30)19-8-3-1-4-9-19;33-30-25-17-23(20-10-5-2-6-11-20)16-22-12-7-13-24(28(22)25)29-31-26-15-14-21(18-27(26)32(29)30)19-8-3-1-4-9-19/h4*1-18H. The molecule has 0 saturated heterocycles. The van der Waals surface area contributed by atoms with Crippen LogP contribution in [0.2, 0.25) is 0 Å². The van der Waals surface area contributed by atoms with Crippen molar-refractivity contribution in [2.24, 2.45) is 0 Å². The van der Waals surface area contributed by atoms with Gasteiger partial charge in [0.15, 0.2) is 0 Å². The van der Waals surface area contributed by atoms with E-state index in [1.807, 2.05) is 231 Å². The molecule has 12 heteroatoms. The van der Waals surface area contributed by atoms with Crippen LogP contribution >= 0.6 is 0 Å². The zero-order chi connectivity index (χ0) is 87.8. The van der Waals surface area contributed by atoms with Crippen molar-refractivity contribution in [3.05, 3.63) is 478 Å². The molecule has 0 unspecified atom stereocenters. The lowest BCUT2D eigenvalue weighted by molar-refractivity contribution is 1.19. The van der Waals surface area contributed by atoms with Crippen LogP contribution in [0.4, 0.5) is 0 Å². The normalized spacial score (nSPS) is 11.8. The van der Waals surface area contributed by atoms with Gasteiger partial charge < -0.3 is 0 Å². The van der Waals surface area contributed by atoms with E-state index in [0.717, 1.165) is 219 Å². The maximum Gasteiger partial charge on any atom is 0.264 e. The maximum atomic E-state index is 13.9. The van der Waals surface area contributed by atoms with E-state index in [0.29, 0.717) is 22.6 Å². The topological polar surface area (TPSA) is 137 Å². The monoisotopic (exact) mass is 1690 g/mol. The van der Waals surface area contributed by atoms with Crippen LogP contribution in [-0.4, -0.2) is 37.5 Å². The lowest BCUT2D eigenvalue weighted by Gasteiger charge is -2.14. The number of imidazole rings is 4. The molecular weight excluding hydrogens is 1620 g/mol. The summed E-state index contributed by atoms with van der Waals surface area (Å²) in [7, 11) is 0. The van der Waals surface area contributed by atoms with E-state index in [-0.39, 0.29) is 22.2 Å². The minimum Gasteiger partial charge on any atom is -0.268 e. The molecule has 0 aliphatic rings. The van der Waals surface area contributed by atoms with Crippen LogP contribution < -0.4 is 22.2 Å². The Balaban J connectivity index is 0.0000000945. The first-order valence-corrected chi connectivity index (χ1v) is 44.1. The summed E-state index contributed by atoms with van der Waals surface area (Å²) in [5.41, 5.74) is 26.9. The lowest BCUT2D eigenvalue weighted by Crippen LogP contribution is -2.13. The summed E-state index contributed by atoms with van der Waals surface area (Å²) in [5.74, 6) is 0. The number of para-hydroxylation sites is 2. The fraction of sp³-hybridized carbons (Fsp3) is 0. The van der Waals surface area contributed by atoms with Crippen molar-refractivity contribution in [3.8, 4) is 89.0 Å². The fourth-order valence-electron chi connectivity index (χ4n) is 20.0. The first-order valence-electron chi connectivity index (χ1n) is 44.1. The molecule has 0 spiro atoms. The minimum atomic E-state index is -0.0285. The smallest absolute Gasteiger partial charge is 0.264 e. The van der Waals surface area contributed by atoms with Gasteiger partial charge >= 0.3 is 0 Å². The number of hydrogen-bond acceptors (Lipinski definition) is 8. The quantitative estimate of drug-likeness (QED) is 0.147. The van der Waals surface area contributed by atoms with Crippen LogP contribution in [0, 0.1) is 0 Å². The summed E-state index contributed by atoms with van der Waals surface area (Å²) in [5, 5.41) is 15.0. The Bertz CT molecular complexity index is 9670. The van der Waals surface area contributed by atoms with Gasteiger partial charge in [-0.2, -0.15) is 0 Å². The van der Waals surface area contributed by atoms with E-state index in [1.54, 1.807) is 17.6 Å². The van der Waals surface area contributed by atoms with E-state index in [2.05, 4.69) is 206 Å². The molecule has 0 amide bonds. The molecule has 0 aliphatic heterocycles. The molecule has 0 atom stereocenters. The largest absolute Gasteiger partial charge is 0.268 e. The van der Waals surface area contributed by atoms with Crippen LogP contribution in [0.1, 0.15) is 0 Å². The Morgan fingerprint density at radius 2 is 0.439 bits per heavy atom. The van der Waals surface area contributed by atoms with Crippen LogP contribution in [0.15, 0.2) is 456 Å². The molecule has 0 fully saturated rings. The molecule has 0 bridgehead atoms. The van der Waals surface area contributed by atoms with Crippen molar-refractivity contribution in [2.45, 2.75) is 0 Å². The predicted molar refractivity (Wildman–Crippen MR) is 544 cm³/mol. The van der Waals surface area contributed by atoms with Crippen molar-refractivity contribution >= 4 is 153 Å². The van der Waals surface area contributed by atoms with Gasteiger partial charge in [-0.25, -0.2) is 19.9 Å². The molecule has 28 aromatic rings. The second kappa shape index (κ2) is 31.0. The Kier molecular flexibility index (Phi) is 17.9. The Labute approximate surface area is 752 Å². The molecular formula is C120H72N8O4. The summed E-state index contributed by atoms with van der Waals surface area (Å²) in [6.07, 6.45) is 0. The molecule has 8 heterocycles. The first-order chi connectivity index (χ1) is 65.1. The second-order valence-corrected chi connectivity index (χ2v) is 33.7. The van der Waals surface area contributed by atoms with E-state index in [9.17, 15) is 19.2 Å². The van der Waals surface area contributed by atoms with Crippen LogP contribution in [0.5, 0.6) is 0 Å². The van der Waals surface area contributed by atoms with Gasteiger partial charge in [-0.3, -0.25) is 36.8 Å². The predicted octanol–water partition coefficient (Wildman–Crippen LogP) is 27.7. The van der Waals surface area contributed by atoms with Gasteiger partial charge in [-0.1, -0.05) is 334 Å². The number of rotatable bonds is 8. The van der Waals surface area contributed by atoms with E-state index < -0.39 is 0 Å². The minimum absolute atomic E-state index is 0.0264. The number of hydrogen-bond donors (Lipinski definition) is 0. The molecule has 20 aromatic carbocycles. The van der Waals surface area contributed by atoms with Crippen molar-refractivity contribution < 1.29 is 0 Å². The first kappa shape index (κ1) is 76.4. The number of nitrogens with zero attached hydrogens (tertiary/aromatic N) is 8. The Morgan fingerprint density at radius 3 is 0.879 bits per heavy atom. The number of aromatic nitrogens is 8. The van der Waals surface area contributed by atoms with Crippen molar-refractivity contribution in [1.82, 2.24) is 37.5 Å². The average Bonchev–Trinajstić information content (AvgIpc) is 1.50. The lowest BCUT2D eigenvalue weighted by atomic mass is 9.91. The zero-order valence-electron chi connectivity index (χ0n) is 70.8. The van der Waals surface area contributed by atoms with Gasteiger partial charge in [-0.05, 0) is 214 Å². The highest BCUT2D eigenvalue weighted by Gasteiger charge is 2.25. The summed E-state index contributed by atoms with van der Waals surface area (Å²) < 4.78 is 7.11. The van der Waals surface area contributed by atoms with E-state index in [4.69, 9.17) is 19.9 Å². The van der Waals surface area contributed by atoms with Gasteiger partial charge in [0.2, 0.25) is 0 Å². The summed E-state index contributed by atoms with van der Waals surface area (Å²) in [6.45, 7) is 0. The van der Waals surface area contributed by atoms with Crippen molar-refractivity contribution in [1.29, 1.82) is 0 Å². The van der Waals surface area contributed by atoms with Gasteiger partial charge in [0, 0.05) is 64.6 Å². The maximum absolute atomic E-state index is 13.9. The SMILES string of the molecule is O=c1c2cc(-c3ccccc3)cc3c(-c4ccccc4)ccc(c32)c2nc3ccccc3n12.O=c1c2cc(-c3ccccc3)cc3cccc(c32)c2nc3cc(-c4ccccc4)ccc3n12.O=c1c2cc(-c3ccccc3)cc3cccc(c32)c2nc3ccc(-c4ccccc4)cc3n12.O=c1c2cccc3c(-c4ccccc4)ccc(c32)c2nc3ccc(-c4ccccc4)cc3n12. The summed E-state index contributed by atoms with van der Waals surface area (Å²) in [6, 6.07) is 148. The molecule has 0 aliphatic carbocycles. The van der Waals surface area contributed by atoms with Gasteiger partial charge in [0.05, 0.1) is 44.1 Å². The Hall–Kier alpha value is -18.0. The van der Waals surface area contributed by atoms with Gasteiger partial charge in [0.1, 0.15) is 22.6 Å². The second-order valence-electron chi connectivity index (χ2n) is 33.7. The van der Waals surface area contributed by atoms with Crippen LogP contribution in [-0.2, 0) is 0 Å². The highest BCUT2D eigenvalue weighted by Crippen LogP contribution is 2.43. The van der Waals surface area contributed by atoms with E-state index in [1.165, 1.54) is 0 Å². The third-order valence-corrected chi connectivity index (χ3v) is 26.1. The fourth-order valence-corrected chi connectivity index (χ4v) is 20.0. The van der Waals surface area contributed by atoms with E-state index >= 15 is 0 Å². The van der Waals surface area contributed by atoms with Crippen LogP contribution in [0.25, 0.3) is 242 Å². The molecule has 616 valence electrons. The molecule has 0 radical (unpaired) electrons. The summed E-state index contributed by atoms with van der Waals surface area (Å²) >= 11 is 0. The molecule has 0 saturated carbocycles. The highest BCUT2D eigenvalue weighted by molar-refractivity contribution is 6.23. The average molecular weight is 1690 g/mol. The van der Waals surface area contributed by atoms with Crippen molar-refractivity contribution in [2.75, 3.05) is 0 Å². The third-order valence-electron chi connectivity index (χ3n) is 26.1. The third kappa shape index (κ3) is 12.5. The molecule has 12 nitrogen and oxygen atoms in total. The van der Waals surface area contributed by atoms with Gasteiger partial charge in [0.25, 0.3) is 22.2 Å². The number of benzene rings is 20. The molecule has 132 heavy (non-hydrogen) atoms. The van der Waals surface area contributed by atoms with Gasteiger partial charge in [-0.15, -0.1) is 0 Å². The highest BCUT2D eigenvalue weighted by atomic mass is 16.1. The van der Waals surface area contributed by atoms with Crippen molar-refractivity contribution in [3.63, 3.8) is 0 Å². The molecule has 28 rings (SSSR count). The molecule has 8 aromatic heterocycles. The number of pyridine rings is 4. The zero-order valence-corrected chi connectivity index (χ0v) is 70.8. The summed E-state index contributed by atoms with van der Waals surface area (Å²) in [4.78, 5) is 75.0. The number of fused-ring (bicyclic) bond motifs is 16. The van der Waals surface area contributed by atoms with Crippen LogP contribution in [0.3, 0.4) is 0 Å². The Morgan fingerprint density at radius 1 is 0.152 bits per heavy atom.